The summed E-state index contributed by atoms with van der Waals surface area (Å²) >= 11 is 0. The Morgan fingerprint density at radius 1 is 1.03 bits per heavy atom. The van der Waals surface area contributed by atoms with Crippen LogP contribution in [0.3, 0.4) is 0 Å². The number of quaternary nitrogens is 1. The maximum absolute atomic E-state index is 14.9. The molecule has 3 fully saturated rings. The Hall–Kier alpha value is -1.16. The number of nitrogens with one attached hydrogen (secondary N) is 1. The number of rotatable bonds is 9. The van der Waals surface area contributed by atoms with Crippen LogP contribution in [-0.4, -0.2) is 95.7 Å². The molecule has 2 heterocycles. The summed E-state index contributed by atoms with van der Waals surface area (Å²) in [4.78, 5) is 7.54. The normalized spacial score (nSPS) is 26.5. The Labute approximate surface area is 235 Å². The lowest BCUT2D eigenvalue weighted by molar-refractivity contribution is -0.994. The average molecular weight is 550 g/mol. The summed E-state index contributed by atoms with van der Waals surface area (Å²) in [5, 5.41) is 16.2. The molecule has 0 radical (unpaired) electrons. The van der Waals surface area contributed by atoms with Gasteiger partial charge in [0.15, 0.2) is 0 Å². The van der Waals surface area contributed by atoms with Gasteiger partial charge in [-0.1, -0.05) is 32.3 Å². The van der Waals surface area contributed by atoms with Crippen LogP contribution in [0, 0.1) is 22.8 Å². The predicted octanol–water partition coefficient (Wildman–Crippen LogP) is 4.13. The fourth-order valence-electron chi connectivity index (χ4n) is 7.25. The predicted molar refractivity (Wildman–Crippen MR) is 154 cm³/mol. The lowest BCUT2D eigenvalue weighted by atomic mass is 9.82. The van der Waals surface area contributed by atoms with E-state index in [0.717, 1.165) is 51.3 Å². The summed E-state index contributed by atoms with van der Waals surface area (Å²) in [5.74, 6) is -0.656. The van der Waals surface area contributed by atoms with Crippen LogP contribution in [0.1, 0.15) is 85.1 Å². The van der Waals surface area contributed by atoms with Gasteiger partial charge in [0, 0.05) is 49.9 Å². The van der Waals surface area contributed by atoms with Crippen molar-refractivity contribution in [3.8, 4) is 0 Å². The van der Waals surface area contributed by atoms with E-state index >= 15 is 0 Å². The summed E-state index contributed by atoms with van der Waals surface area (Å²) in [6.45, 7) is 19.9. The third kappa shape index (κ3) is 7.38. The van der Waals surface area contributed by atoms with E-state index in [1.54, 1.807) is 6.07 Å². The van der Waals surface area contributed by atoms with Crippen molar-refractivity contribution in [2.75, 3.05) is 52.4 Å². The molecule has 8 heteroatoms. The summed E-state index contributed by atoms with van der Waals surface area (Å²) in [5.41, 5.74) is 0.336. The Balaban J connectivity index is 1.47. The molecule has 1 saturated carbocycles. The number of hydrogen-bond acceptors (Lipinski definition) is 5. The fraction of sp³-hybridized carbons (Fsp3) is 0.806. The van der Waals surface area contributed by atoms with Gasteiger partial charge in [-0.3, -0.25) is 19.9 Å². The van der Waals surface area contributed by atoms with Crippen LogP contribution in [0.15, 0.2) is 18.2 Å². The van der Waals surface area contributed by atoms with Gasteiger partial charge in [0.05, 0.1) is 25.6 Å². The number of hydroxylamine groups is 1. The van der Waals surface area contributed by atoms with Gasteiger partial charge in [-0.2, -0.15) is 5.01 Å². The van der Waals surface area contributed by atoms with E-state index < -0.39 is 11.6 Å². The second kappa shape index (κ2) is 13.2. The van der Waals surface area contributed by atoms with Crippen molar-refractivity contribution in [2.45, 2.75) is 103 Å². The molecule has 1 aromatic rings. The monoisotopic (exact) mass is 549 g/mol. The highest BCUT2D eigenvalue weighted by atomic mass is 19.1. The maximum Gasteiger partial charge on any atom is 0.129 e. The Morgan fingerprint density at radius 2 is 1.69 bits per heavy atom. The number of hydrogen-bond donors (Lipinski definition) is 1. The van der Waals surface area contributed by atoms with Crippen molar-refractivity contribution in [3.63, 3.8) is 0 Å². The van der Waals surface area contributed by atoms with Gasteiger partial charge in [0.1, 0.15) is 17.7 Å². The van der Waals surface area contributed by atoms with Crippen molar-refractivity contribution in [1.82, 2.24) is 19.7 Å². The molecule has 0 spiro atoms. The highest BCUT2D eigenvalue weighted by molar-refractivity contribution is 5.26. The second-order valence-electron chi connectivity index (χ2n) is 13.5. The van der Waals surface area contributed by atoms with E-state index in [1.165, 1.54) is 38.2 Å². The van der Waals surface area contributed by atoms with Gasteiger partial charge in [0.2, 0.25) is 0 Å². The van der Waals surface area contributed by atoms with Gasteiger partial charge in [0.25, 0.3) is 0 Å². The first kappa shape index (κ1) is 30.8. The molecule has 2 aliphatic heterocycles. The quantitative estimate of drug-likeness (QED) is 0.470. The fourth-order valence-corrected chi connectivity index (χ4v) is 7.25. The zero-order valence-electron chi connectivity index (χ0n) is 25.3. The molecule has 0 aromatic heterocycles. The zero-order chi connectivity index (χ0) is 28.3. The third-order valence-electron chi connectivity index (χ3n) is 9.79. The molecule has 6 nitrogen and oxygen atoms in total. The highest BCUT2D eigenvalue weighted by Gasteiger charge is 2.45. The molecule has 3 aliphatic rings. The smallest absolute Gasteiger partial charge is 0.129 e. The van der Waals surface area contributed by atoms with Crippen LogP contribution < -0.4 is 5.17 Å². The van der Waals surface area contributed by atoms with Crippen molar-refractivity contribution in [1.29, 1.82) is 0 Å². The summed E-state index contributed by atoms with van der Waals surface area (Å²) in [6.07, 6.45) is 6.65. The van der Waals surface area contributed by atoms with Crippen LogP contribution in [0.25, 0.3) is 0 Å². The zero-order valence-corrected chi connectivity index (χ0v) is 25.3. The van der Waals surface area contributed by atoms with E-state index in [9.17, 15) is 14.0 Å². The van der Waals surface area contributed by atoms with E-state index in [2.05, 4.69) is 56.2 Å². The standard InChI is InChI=1S/C31H53F2N5O/c1-7-34(23(2)3)21-29(24-11-9-8-10-12-24)35-15-17-37(18-16-35)38(39)30-22-36(31(4,5)6)20-27(30)26-14-13-25(32)19-28(26)33/h13-14,19,23-24,27,29-30,38H,7-12,15-18,20-22H2,1-6H3. The summed E-state index contributed by atoms with van der Waals surface area (Å²) in [6, 6.07) is 4.57. The van der Waals surface area contributed by atoms with Crippen LogP contribution in [-0.2, 0) is 0 Å². The number of likely N-dealkylation sites (tertiary alicyclic amines) is 1. The van der Waals surface area contributed by atoms with Gasteiger partial charge in [-0.25, -0.2) is 8.78 Å². The molecule has 1 N–H and O–H groups in total. The molecule has 0 amide bonds. The minimum atomic E-state index is -0.576. The van der Waals surface area contributed by atoms with Crippen molar-refractivity contribution >= 4 is 0 Å². The third-order valence-corrected chi connectivity index (χ3v) is 9.79. The molecular formula is C31H53F2N5O. The second-order valence-corrected chi connectivity index (χ2v) is 13.5. The molecule has 1 aromatic carbocycles. The SMILES string of the molecule is CCN(CC(C1CCCCC1)N1CCN([NH+]([O-])C2CN(C(C)(C)C)CC2c2ccc(F)cc2F)CC1)C(C)C. The number of benzene rings is 1. The first-order chi connectivity index (χ1) is 18.5. The van der Waals surface area contributed by atoms with Gasteiger partial charge in [-0.15, -0.1) is 0 Å². The molecule has 4 atom stereocenters. The Bertz CT molecular complexity index is 911. The van der Waals surface area contributed by atoms with E-state index in [-0.39, 0.29) is 22.7 Å². The Kier molecular flexibility index (Phi) is 10.4. The van der Waals surface area contributed by atoms with Crippen LogP contribution >= 0.6 is 0 Å². The maximum atomic E-state index is 14.9. The van der Waals surface area contributed by atoms with Gasteiger partial charge in [-0.05, 0) is 71.6 Å². The van der Waals surface area contributed by atoms with Crippen LogP contribution in [0.2, 0.25) is 0 Å². The number of likely N-dealkylation sites (N-methyl/N-ethyl adjacent to an activating group) is 1. The topological polar surface area (TPSA) is 40.5 Å². The molecule has 222 valence electrons. The van der Waals surface area contributed by atoms with E-state index in [4.69, 9.17) is 0 Å². The van der Waals surface area contributed by atoms with Crippen molar-refractivity contribution in [3.05, 3.63) is 40.6 Å². The molecule has 0 bridgehead atoms. The minimum absolute atomic E-state index is 0.127. The molecule has 4 unspecified atom stereocenters. The first-order valence-corrected chi connectivity index (χ1v) is 15.5. The number of halogens is 2. The number of nitrogens with zero attached hydrogens (tertiary/aromatic N) is 4. The molecule has 4 rings (SSSR count). The lowest BCUT2D eigenvalue weighted by Gasteiger charge is -2.48. The first-order valence-electron chi connectivity index (χ1n) is 15.5. The molecule has 2 saturated heterocycles. The highest BCUT2D eigenvalue weighted by Crippen LogP contribution is 2.33. The van der Waals surface area contributed by atoms with E-state index in [1.807, 2.05) is 5.01 Å². The van der Waals surface area contributed by atoms with Crippen molar-refractivity contribution < 1.29 is 14.0 Å². The van der Waals surface area contributed by atoms with Gasteiger partial charge < -0.3 is 5.21 Å². The largest absolute Gasteiger partial charge is 0.613 e. The van der Waals surface area contributed by atoms with E-state index in [0.29, 0.717) is 30.7 Å². The summed E-state index contributed by atoms with van der Waals surface area (Å²) in [7, 11) is 0. The molecular weight excluding hydrogens is 496 g/mol. The van der Waals surface area contributed by atoms with Gasteiger partial charge >= 0.3 is 0 Å². The minimum Gasteiger partial charge on any atom is -0.613 e. The lowest BCUT2D eigenvalue weighted by Crippen LogP contribution is -3.19. The molecule has 39 heavy (non-hydrogen) atoms. The Morgan fingerprint density at radius 3 is 2.26 bits per heavy atom. The molecule has 1 aliphatic carbocycles. The van der Waals surface area contributed by atoms with Crippen LogP contribution in [0.4, 0.5) is 8.78 Å². The number of piperazine rings is 1. The van der Waals surface area contributed by atoms with Crippen LogP contribution in [0.5, 0.6) is 0 Å². The average Bonchev–Trinajstić information content (AvgIpc) is 3.35. The van der Waals surface area contributed by atoms with Crippen molar-refractivity contribution in [2.24, 2.45) is 5.92 Å². The summed E-state index contributed by atoms with van der Waals surface area (Å²) < 4.78 is 28.6.